The van der Waals surface area contributed by atoms with Crippen LogP contribution in [-0.2, 0) is 14.3 Å². The molecule has 0 saturated heterocycles. The van der Waals surface area contributed by atoms with Crippen molar-refractivity contribution in [1.29, 1.82) is 0 Å². The number of Topliss-reactive ketones (excluding diaryl/α,β-unsaturated/α-hetero) is 1. The summed E-state index contributed by atoms with van der Waals surface area (Å²) >= 11 is 0. The maximum atomic E-state index is 12.6. The summed E-state index contributed by atoms with van der Waals surface area (Å²) in [5.74, 6) is -0.463. The van der Waals surface area contributed by atoms with Crippen LogP contribution in [0.2, 0.25) is 0 Å². The van der Waals surface area contributed by atoms with E-state index in [-0.39, 0.29) is 50.7 Å². The first kappa shape index (κ1) is 26.4. The molecule has 5 rings (SSSR count). The third kappa shape index (κ3) is 3.58. The van der Waals surface area contributed by atoms with Crippen molar-refractivity contribution in [3.63, 3.8) is 0 Å². The van der Waals surface area contributed by atoms with Crippen molar-refractivity contribution in [2.45, 2.75) is 86.5 Å². The summed E-state index contributed by atoms with van der Waals surface area (Å²) in [6.45, 7) is 14.5. The third-order valence-corrected chi connectivity index (χ3v) is 12.0. The van der Waals surface area contributed by atoms with Gasteiger partial charge in [0.1, 0.15) is 0 Å². The van der Waals surface area contributed by atoms with Crippen molar-refractivity contribution in [3.05, 3.63) is 34.9 Å². The van der Waals surface area contributed by atoms with Gasteiger partial charge in [-0.3, -0.25) is 9.59 Å². The highest BCUT2D eigenvalue weighted by Gasteiger charge is 2.66. The van der Waals surface area contributed by atoms with Gasteiger partial charge in [0.2, 0.25) is 11.6 Å². The monoisotopic (exact) mass is 507 g/mol. The Balaban J connectivity index is 1.53. The number of allylic oxidation sites excluding steroid dienone is 6. The Hall–Kier alpha value is -2.17. The molecule has 37 heavy (non-hydrogen) atoms. The number of rotatable bonds is 2. The summed E-state index contributed by atoms with van der Waals surface area (Å²) in [5, 5.41) is 0. The first-order valence-corrected chi connectivity index (χ1v) is 14.2. The number of hydrogen-bond acceptors (Lipinski definition) is 4. The van der Waals surface area contributed by atoms with Gasteiger partial charge in [-0.15, -0.1) is 0 Å². The lowest BCUT2D eigenvalue weighted by molar-refractivity contribution is -0.166. The van der Waals surface area contributed by atoms with Crippen molar-refractivity contribution in [3.8, 4) is 0 Å². The number of ketones is 2. The highest BCUT2D eigenvalue weighted by atomic mass is 16.6. The van der Waals surface area contributed by atoms with Crippen LogP contribution in [0.15, 0.2) is 34.9 Å². The zero-order chi connectivity index (χ0) is 27.2. The standard InChI is InChI=1S/C32H45NO4/c1-20-21-9-10-24-30(4,22(21)17-23(34)26(20)35)14-16-32(6)25-18-28(2,19-37-27(36)33(7)8)11-12-29(25,3)13-15-31(24,32)5/h9-10,17,20,25H,11-16,18-19H2,1-8H3/t20?,25-,28-,29-,30+,31-,32+/m1/s1. The topological polar surface area (TPSA) is 63.7 Å². The van der Waals surface area contributed by atoms with Crippen molar-refractivity contribution in [2.75, 3.05) is 20.7 Å². The second-order valence-corrected chi connectivity index (χ2v) is 14.5. The molecule has 5 aliphatic carbocycles. The average molecular weight is 508 g/mol. The van der Waals surface area contributed by atoms with Crippen LogP contribution in [0.25, 0.3) is 0 Å². The lowest BCUT2D eigenvalue weighted by Gasteiger charge is -2.70. The van der Waals surface area contributed by atoms with E-state index in [0.717, 1.165) is 43.3 Å². The van der Waals surface area contributed by atoms with Gasteiger partial charge in [-0.25, -0.2) is 4.79 Å². The molecule has 0 heterocycles. The summed E-state index contributed by atoms with van der Waals surface area (Å²) < 4.78 is 5.74. The number of amides is 1. The molecule has 7 atom stereocenters. The molecule has 1 amide bonds. The van der Waals surface area contributed by atoms with Gasteiger partial charge in [-0.1, -0.05) is 59.3 Å². The molecular formula is C32H45NO4. The number of carbonyl (C=O) groups excluding carboxylic acids is 3. The average Bonchev–Trinajstić information content (AvgIpc) is 2.84. The number of carbonyl (C=O) groups is 3. The molecule has 0 spiro atoms. The molecule has 5 nitrogen and oxygen atoms in total. The highest BCUT2D eigenvalue weighted by molar-refractivity contribution is 6.44. The summed E-state index contributed by atoms with van der Waals surface area (Å²) in [5.41, 5.74) is 3.72. The van der Waals surface area contributed by atoms with Gasteiger partial charge in [0, 0.05) is 30.8 Å². The zero-order valence-electron chi connectivity index (χ0n) is 24.1. The predicted molar refractivity (Wildman–Crippen MR) is 145 cm³/mol. The van der Waals surface area contributed by atoms with E-state index < -0.39 is 0 Å². The van der Waals surface area contributed by atoms with E-state index in [1.54, 1.807) is 20.2 Å². The quantitative estimate of drug-likeness (QED) is 0.391. The number of ether oxygens (including phenoxy) is 1. The molecule has 202 valence electrons. The Kier molecular flexibility index (Phi) is 5.83. The highest BCUT2D eigenvalue weighted by Crippen LogP contribution is 2.75. The van der Waals surface area contributed by atoms with Crippen LogP contribution in [0.3, 0.4) is 0 Å². The van der Waals surface area contributed by atoms with E-state index >= 15 is 0 Å². The van der Waals surface area contributed by atoms with Gasteiger partial charge in [-0.05, 0) is 84.3 Å². The van der Waals surface area contributed by atoms with Crippen LogP contribution < -0.4 is 0 Å². The molecule has 0 aromatic heterocycles. The molecule has 5 heteroatoms. The number of nitrogens with zero attached hydrogens (tertiary/aromatic N) is 1. The Morgan fingerprint density at radius 3 is 2.32 bits per heavy atom. The lowest BCUT2D eigenvalue weighted by atomic mass is 9.34. The second kappa shape index (κ2) is 8.16. The van der Waals surface area contributed by atoms with Crippen molar-refractivity contribution in [2.24, 2.45) is 38.9 Å². The fourth-order valence-corrected chi connectivity index (χ4v) is 9.15. The third-order valence-electron chi connectivity index (χ3n) is 12.0. The fraction of sp³-hybridized carbons (Fsp3) is 0.719. The summed E-state index contributed by atoms with van der Waals surface area (Å²) in [7, 11) is 3.47. The van der Waals surface area contributed by atoms with Crippen molar-refractivity contribution >= 4 is 17.7 Å². The van der Waals surface area contributed by atoms with E-state index in [9.17, 15) is 14.4 Å². The zero-order valence-corrected chi connectivity index (χ0v) is 24.1. The molecule has 3 fully saturated rings. The summed E-state index contributed by atoms with van der Waals surface area (Å²) in [4.78, 5) is 38.9. The SMILES string of the molecule is CC1C(=O)C(=O)C=C2C1=CC=C1[C@@]2(C)CC[C@@]2(C)[C@@H]3C[C@](C)(COC(=O)N(C)C)CC[C@]3(C)CC[C@]12C. The molecule has 0 N–H and O–H groups in total. The van der Waals surface area contributed by atoms with E-state index in [2.05, 4.69) is 46.8 Å². The van der Waals surface area contributed by atoms with Gasteiger partial charge in [-0.2, -0.15) is 0 Å². The van der Waals surface area contributed by atoms with Crippen LogP contribution in [0.4, 0.5) is 4.79 Å². The molecule has 0 aliphatic heterocycles. The first-order valence-electron chi connectivity index (χ1n) is 14.2. The van der Waals surface area contributed by atoms with Gasteiger partial charge < -0.3 is 9.64 Å². The van der Waals surface area contributed by atoms with Crippen LogP contribution in [0.1, 0.15) is 86.5 Å². The molecule has 1 unspecified atom stereocenters. The van der Waals surface area contributed by atoms with Gasteiger partial charge in [0.15, 0.2) is 0 Å². The van der Waals surface area contributed by atoms with E-state index in [4.69, 9.17) is 4.74 Å². The first-order chi connectivity index (χ1) is 17.1. The van der Waals surface area contributed by atoms with Crippen LogP contribution in [-0.4, -0.2) is 43.3 Å². The van der Waals surface area contributed by atoms with E-state index in [1.807, 2.05) is 6.92 Å². The van der Waals surface area contributed by atoms with Gasteiger partial charge in [0.25, 0.3) is 0 Å². The Bertz CT molecular complexity index is 1160. The Labute approximate surface area is 222 Å². The van der Waals surface area contributed by atoms with Crippen LogP contribution in [0, 0.1) is 38.9 Å². The number of hydrogen-bond donors (Lipinski definition) is 0. The molecule has 0 radical (unpaired) electrons. The molecular weight excluding hydrogens is 462 g/mol. The normalized spacial score (nSPS) is 44.8. The predicted octanol–water partition coefficient (Wildman–Crippen LogP) is 6.68. The summed E-state index contributed by atoms with van der Waals surface area (Å²) in [6.07, 6.45) is 13.6. The van der Waals surface area contributed by atoms with Crippen LogP contribution in [0.5, 0.6) is 0 Å². The number of fused-ring (bicyclic) bond motifs is 7. The minimum Gasteiger partial charge on any atom is -0.449 e. The van der Waals surface area contributed by atoms with Crippen LogP contribution >= 0.6 is 0 Å². The maximum Gasteiger partial charge on any atom is 0.409 e. The fourth-order valence-electron chi connectivity index (χ4n) is 9.15. The van der Waals surface area contributed by atoms with Crippen molar-refractivity contribution in [1.82, 2.24) is 4.90 Å². The summed E-state index contributed by atoms with van der Waals surface area (Å²) in [6, 6.07) is 0. The van der Waals surface area contributed by atoms with Crippen molar-refractivity contribution < 1.29 is 19.1 Å². The minimum absolute atomic E-state index is 0.000644. The largest absolute Gasteiger partial charge is 0.449 e. The molecule has 3 saturated carbocycles. The second-order valence-electron chi connectivity index (χ2n) is 14.5. The minimum atomic E-state index is -0.359. The van der Waals surface area contributed by atoms with Gasteiger partial charge >= 0.3 is 6.09 Å². The Morgan fingerprint density at radius 2 is 1.65 bits per heavy atom. The molecule has 0 aromatic carbocycles. The maximum absolute atomic E-state index is 12.6. The van der Waals surface area contributed by atoms with Gasteiger partial charge in [0.05, 0.1) is 6.61 Å². The molecule has 5 aliphatic rings. The smallest absolute Gasteiger partial charge is 0.409 e. The van der Waals surface area contributed by atoms with E-state index in [0.29, 0.717) is 12.5 Å². The lowest BCUT2D eigenvalue weighted by Crippen LogP contribution is -2.62. The van der Waals surface area contributed by atoms with E-state index in [1.165, 1.54) is 23.3 Å². The Morgan fingerprint density at radius 1 is 0.973 bits per heavy atom. The molecule has 0 bridgehead atoms. The molecule has 0 aromatic rings.